The number of thiophene rings is 1. The molecular weight excluding hydrogens is 336 g/mol. The zero-order valence-electron chi connectivity index (χ0n) is 14.9. The third kappa shape index (κ3) is 4.48. The second-order valence-electron chi connectivity index (χ2n) is 6.81. The van der Waals surface area contributed by atoms with E-state index in [2.05, 4.69) is 29.0 Å². The fraction of sp³-hybridized carbons (Fsp3) is 0.556. The summed E-state index contributed by atoms with van der Waals surface area (Å²) in [6.45, 7) is 9.15. The van der Waals surface area contributed by atoms with Gasteiger partial charge in [0.25, 0.3) is 5.91 Å². The van der Waals surface area contributed by atoms with Crippen LogP contribution in [0.15, 0.2) is 12.1 Å². The maximum Gasteiger partial charge on any atom is 0.263 e. The first-order chi connectivity index (χ1) is 12.0. The summed E-state index contributed by atoms with van der Waals surface area (Å²) in [5.41, 5.74) is 7.77. The quantitative estimate of drug-likeness (QED) is 0.823. The lowest BCUT2D eigenvalue weighted by Gasteiger charge is -2.26. The van der Waals surface area contributed by atoms with Crippen molar-refractivity contribution in [3.8, 4) is 0 Å². The lowest BCUT2D eigenvalue weighted by Crippen LogP contribution is -2.41. The monoisotopic (exact) mass is 362 g/mol. The second-order valence-corrected chi connectivity index (χ2v) is 7.81. The Kier molecular flexibility index (Phi) is 5.88. The lowest BCUT2D eigenvalue weighted by atomic mass is 10.1. The van der Waals surface area contributed by atoms with Crippen molar-refractivity contribution in [1.82, 2.24) is 15.2 Å². The molecule has 0 aliphatic carbocycles. The Balaban J connectivity index is 1.65. The van der Waals surface area contributed by atoms with Crippen molar-refractivity contribution in [1.29, 1.82) is 0 Å². The molecule has 136 valence electrons. The van der Waals surface area contributed by atoms with Gasteiger partial charge in [0.1, 0.15) is 9.71 Å². The molecule has 7 heteroatoms. The number of nitrogens with one attached hydrogen (secondary N) is 1. The van der Waals surface area contributed by atoms with Crippen molar-refractivity contribution in [3.05, 3.63) is 22.7 Å². The van der Waals surface area contributed by atoms with Gasteiger partial charge in [-0.3, -0.25) is 9.69 Å². The Bertz CT molecular complexity index is 738. The van der Waals surface area contributed by atoms with Gasteiger partial charge in [0, 0.05) is 37.3 Å². The van der Waals surface area contributed by atoms with E-state index in [9.17, 15) is 4.79 Å². The molecule has 25 heavy (non-hydrogen) atoms. The smallest absolute Gasteiger partial charge is 0.263 e. The second kappa shape index (κ2) is 8.12. The van der Waals surface area contributed by atoms with Crippen LogP contribution in [0, 0.1) is 5.92 Å². The number of ether oxygens (including phenoxy) is 1. The maximum absolute atomic E-state index is 12.5. The van der Waals surface area contributed by atoms with E-state index in [1.165, 1.54) is 11.3 Å². The number of hydrogen-bond acceptors (Lipinski definition) is 6. The van der Waals surface area contributed by atoms with Crippen LogP contribution in [0.1, 0.15) is 29.2 Å². The first-order valence-electron chi connectivity index (χ1n) is 8.81. The van der Waals surface area contributed by atoms with E-state index in [4.69, 9.17) is 10.5 Å². The molecule has 2 aromatic rings. The van der Waals surface area contributed by atoms with Gasteiger partial charge in [-0.15, -0.1) is 11.3 Å². The number of nitrogens with two attached hydrogens (primary N) is 1. The van der Waals surface area contributed by atoms with Gasteiger partial charge < -0.3 is 15.8 Å². The van der Waals surface area contributed by atoms with Crippen LogP contribution in [0.5, 0.6) is 0 Å². The molecule has 1 aliphatic heterocycles. The number of hydrogen-bond donors (Lipinski definition) is 2. The Labute approximate surface area is 152 Å². The molecular formula is C18H26N4O2S. The maximum atomic E-state index is 12.5. The minimum Gasteiger partial charge on any atom is -0.397 e. The number of carbonyl (C=O) groups is 1. The van der Waals surface area contributed by atoms with Crippen molar-refractivity contribution >= 4 is 33.1 Å². The van der Waals surface area contributed by atoms with Crippen molar-refractivity contribution in [3.63, 3.8) is 0 Å². The SMILES string of the molecule is CC(C)Cc1ccc2c(N)c(C(=O)NCCN3CCOCC3)sc2n1. The number of carbonyl (C=O) groups excluding carboxylic acids is 1. The molecule has 0 unspecified atom stereocenters. The van der Waals surface area contributed by atoms with Crippen molar-refractivity contribution in [2.45, 2.75) is 20.3 Å². The van der Waals surface area contributed by atoms with E-state index >= 15 is 0 Å². The van der Waals surface area contributed by atoms with Crippen molar-refractivity contribution in [2.75, 3.05) is 45.1 Å². The largest absolute Gasteiger partial charge is 0.397 e. The van der Waals surface area contributed by atoms with Crippen molar-refractivity contribution < 1.29 is 9.53 Å². The summed E-state index contributed by atoms with van der Waals surface area (Å²) in [5.74, 6) is 0.435. The Hall–Kier alpha value is -1.70. The van der Waals surface area contributed by atoms with Gasteiger partial charge in [0.2, 0.25) is 0 Å². The van der Waals surface area contributed by atoms with Crippen molar-refractivity contribution in [2.24, 2.45) is 5.92 Å². The Morgan fingerprint density at radius 1 is 1.40 bits per heavy atom. The zero-order chi connectivity index (χ0) is 17.8. The fourth-order valence-corrected chi connectivity index (χ4v) is 4.00. The molecule has 6 nitrogen and oxygen atoms in total. The van der Waals surface area contributed by atoms with Gasteiger partial charge in [0.15, 0.2) is 0 Å². The molecule has 0 radical (unpaired) electrons. The first kappa shape index (κ1) is 18.1. The molecule has 1 saturated heterocycles. The summed E-state index contributed by atoms with van der Waals surface area (Å²) in [7, 11) is 0. The number of nitrogen functional groups attached to an aromatic ring is 1. The van der Waals surface area contributed by atoms with E-state index in [1.54, 1.807) is 0 Å². The summed E-state index contributed by atoms with van der Waals surface area (Å²) in [5, 5.41) is 3.85. The van der Waals surface area contributed by atoms with E-state index < -0.39 is 0 Å². The third-order valence-electron chi connectivity index (χ3n) is 4.29. The molecule has 1 aliphatic rings. The summed E-state index contributed by atoms with van der Waals surface area (Å²) in [6.07, 6.45) is 0.925. The van der Waals surface area contributed by atoms with E-state index in [0.29, 0.717) is 23.0 Å². The average molecular weight is 362 g/mol. The van der Waals surface area contributed by atoms with Crippen LogP contribution >= 0.6 is 11.3 Å². The van der Waals surface area contributed by atoms with Gasteiger partial charge in [-0.2, -0.15) is 0 Å². The molecule has 3 heterocycles. The predicted molar refractivity (Wildman–Crippen MR) is 102 cm³/mol. The third-order valence-corrected chi connectivity index (χ3v) is 5.41. The Morgan fingerprint density at radius 3 is 2.88 bits per heavy atom. The molecule has 0 saturated carbocycles. The number of morpholine rings is 1. The van der Waals surface area contributed by atoms with E-state index in [-0.39, 0.29) is 5.91 Å². The molecule has 3 rings (SSSR count). The number of pyridine rings is 1. The van der Waals surface area contributed by atoms with E-state index in [0.717, 1.165) is 55.2 Å². The number of rotatable bonds is 6. The molecule has 0 spiro atoms. The molecule has 0 aromatic carbocycles. The first-order valence-corrected chi connectivity index (χ1v) is 9.62. The van der Waals surface area contributed by atoms with Gasteiger partial charge in [-0.25, -0.2) is 4.98 Å². The zero-order valence-corrected chi connectivity index (χ0v) is 15.7. The lowest BCUT2D eigenvalue weighted by molar-refractivity contribution is 0.0383. The molecule has 2 aromatic heterocycles. The van der Waals surface area contributed by atoms with Gasteiger partial charge in [-0.1, -0.05) is 13.8 Å². The van der Waals surface area contributed by atoms with Gasteiger partial charge in [0.05, 0.1) is 18.9 Å². The average Bonchev–Trinajstić information content (AvgIpc) is 2.91. The topological polar surface area (TPSA) is 80.5 Å². The summed E-state index contributed by atoms with van der Waals surface area (Å²) >= 11 is 1.38. The normalized spacial score (nSPS) is 15.8. The van der Waals surface area contributed by atoms with Gasteiger partial charge in [-0.05, 0) is 24.5 Å². The number of aromatic nitrogens is 1. The van der Waals surface area contributed by atoms with E-state index in [1.807, 2.05) is 12.1 Å². The molecule has 0 atom stereocenters. The highest BCUT2D eigenvalue weighted by Crippen LogP contribution is 2.32. The summed E-state index contributed by atoms with van der Waals surface area (Å²) in [4.78, 5) is 20.8. The highest BCUT2D eigenvalue weighted by atomic mass is 32.1. The summed E-state index contributed by atoms with van der Waals surface area (Å²) < 4.78 is 5.33. The number of fused-ring (bicyclic) bond motifs is 1. The number of nitrogens with zero attached hydrogens (tertiary/aromatic N) is 2. The standard InChI is InChI=1S/C18H26N4O2S/c1-12(2)11-13-3-4-14-15(19)16(25-18(14)21-13)17(23)20-5-6-22-7-9-24-10-8-22/h3-4,12H,5-11,19H2,1-2H3,(H,20,23). The van der Waals surface area contributed by atoms with Crippen LogP contribution in [-0.2, 0) is 11.2 Å². The van der Waals surface area contributed by atoms with Crippen LogP contribution < -0.4 is 11.1 Å². The molecule has 1 amide bonds. The minimum atomic E-state index is -0.112. The molecule has 0 bridgehead atoms. The van der Waals surface area contributed by atoms with Gasteiger partial charge >= 0.3 is 0 Å². The minimum absolute atomic E-state index is 0.112. The van der Waals surface area contributed by atoms with Crippen LogP contribution in [-0.4, -0.2) is 55.2 Å². The highest BCUT2D eigenvalue weighted by molar-refractivity contribution is 7.21. The fourth-order valence-electron chi connectivity index (χ4n) is 2.97. The van der Waals surface area contributed by atoms with Crippen LogP contribution in [0.4, 0.5) is 5.69 Å². The van der Waals surface area contributed by atoms with Crippen LogP contribution in [0.25, 0.3) is 10.2 Å². The molecule has 3 N–H and O–H groups in total. The number of amides is 1. The van der Waals surface area contributed by atoms with Crippen LogP contribution in [0.2, 0.25) is 0 Å². The molecule has 1 fully saturated rings. The highest BCUT2D eigenvalue weighted by Gasteiger charge is 2.18. The predicted octanol–water partition coefficient (Wildman–Crippen LogP) is 2.14. The van der Waals surface area contributed by atoms with Crippen LogP contribution in [0.3, 0.4) is 0 Å². The summed E-state index contributed by atoms with van der Waals surface area (Å²) in [6, 6.07) is 3.99. The number of anilines is 1. The Morgan fingerprint density at radius 2 is 2.16 bits per heavy atom.